The lowest BCUT2D eigenvalue weighted by atomic mass is 10.2. The number of amides is 2. The van der Waals surface area contributed by atoms with E-state index < -0.39 is 6.04 Å². The quantitative estimate of drug-likeness (QED) is 0.859. The van der Waals surface area contributed by atoms with Gasteiger partial charge in [0.2, 0.25) is 5.91 Å². The van der Waals surface area contributed by atoms with Gasteiger partial charge < -0.3 is 10.1 Å². The van der Waals surface area contributed by atoms with Gasteiger partial charge in [-0.1, -0.05) is 6.07 Å². The fourth-order valence-corrected chi connectivity index (χ4v) is 3.09. The average Bonchev–Trinajstić information content (AvgIpc) is 3.14. The van der Waals surface area contributed by atoms with Crippen LogP contribution in [0, 0.1) is 0 Å². The average molecular weight is 316 g/mol. The molecule has 1 saturated heterocycles. The highest BCUT2D eigenvalue weighted by molar-refractivity contribution is 7.09. The zero-order valence-electron chi connectivity index (χ0n) is 12.1. The Morgan fingerprint density at radius 2 is 2.05 bits per heavy atom. The fraction of sp³-hybridized carbons (Fsp3) is 0.250. The molecule has 2 aromatic rings. The number of nitrogens with zero attached hydrogens (tertiary/aromatic N) is 1. The summed E-state index contributed by atoms with van der Waals surface area (Å²) in [5.74, 6) is 0.306. The molecule has 22 heavy (non-hydrogen) atoms. The van der Waals surface area contributed by atoms with Crippen molar-refractivity contribution in [3.63, 3.8) is 0 Å². The summed E-state index contributed by atoms with van der Waals surface area (Å²) in [5, 5.41) is 5.15. The van der Waals surface area contributed by atoms with Gasteiger partial charge >= 0.3 is 0 Å². The summed E-state index contributed by atoms with van der Waals surface area (Å²) in [4.78, 5) is 27.0. The lowest BCUT2D eigenvalue weighted by molar-refractivity contribution is -0.121. The van der Waals surface area contributed by atoms with Gasteiger partial charge in [0.05, 0.1) is 25.3 Å². The van der Waals surface area contributed by atoms with Crippen molar-refractivity contribution in [1.29, 1.82) is 0 Å². The second-order valence-corrected chi connectivity index (χ2v) is 6.01. The molecule has 1 aliphatic rings. The molecule has 0 unspecified atom stereocenters. The highest BCUT2D eigenvalue weighted by atomic mass is 32.1. The number of anilines is 1. The van der Waals surface area contributed by atoms with Crippen LogP contribution in [-0.4, -0.2) is 25.0 Å². The van der Waals surface area contributed by atoms with Gasteiger partial charge in [0.1, 0.15) is 5.75 Å². The minimum atomic E-state index is -0.461. The number of ether oxygens (including phenoxy) is 1. The molecular formula is C16H16N2O3S. The number of carbonyl (C=O) groups is 2. The molecule has 0 aliphatic carbocycles. The Morgan fingerprint density at radius 3 is 2.68 bits per heavy atom. The van der Waals surface area contributed by atoms with Crippen LogP contribution in [0.2, 0.25) is 0 Å². The Balaban J connectivity index is 1.70. The van der Waals surface area contributed by atoms with Crippen molar-refractivity contribution in [3.8, 4) is 5.75 Å². The summed E-state index contributed by atoms with van der Waals surface area (Å²) in [5.41, 5.74) is 0.580. The monoisotopic (exact) mass is 316 g/mol. The molecule has 1 N–H and O–H groups in total. The van der Waals surface area contributed by atoms with Crippen LogP contribution in [0.5, 0.6) is 5.75 Å². The van der Waals surface area contributed by atoms with E-state index in [9.17, 15) is 9.59 Å². The number of methoxy groups -OCH3 is 1. The van der Waals surface area contributed by atoms with Crippen LogP contribution in [0.3, 0.4) is 0 Å². The van der Waals surface area contributed by atoms with Gasteiger partial charge in [-0.05, 0) is 35.7 Å². The molecule has 114 valence electrons. The highest BCUT2D eigenvalue weighted by Crippen LogP contribution is 2.25. The van der Waals surface area contributed by atoms with Crippen LogP contribution in [0.25, 0.3) is 0 Å². The van der Waals surface area contributed by atoms with Crippen molar-refractivity contribution in [1.82, 2.24) is 5.32 Å². The number of rotatable bonds is 5. The van der Waals surface area contributed by atoms with Crippen LogP contribution >= 0.6 is 11.3 Å². The Bertz CT molecular complexity index is 667. The number of hydrogen-bond donors (Lipinski definition) is 1. The molecule has 0 saturated carbocycles. The SMILES string of the molecule is COc1ccc(N2C(=O)C[C@@H](NCc3cccs3)C2=O)cc1. The molecular weight excluding hydrogens is 300 g/mol. The second-order valence-electron chi connectivity index (χ2n) is 4.98. The van der Waals surface area contributed by atoms with E-state index in [1.54, 1.807) is 42.7 Å². The Morgan fingerprint density at radius 1 is 1.27 bits per heavy atom. The summed E-state index contributed by atoms with van der Waals surface area (Å²) >= 11 is 1.62. The number of thiophene rings is 1. The molecule has 1 atom stereocenters. The van der Waals surface area contributed by atoms with Crippen LogP contribution in [0.15, 0.2) is 41.8 Å². The third-order valence-corrected chi connectivity index (χ3v) is 4.46. The fourth-order valence-electron chi connectivity index (χ4n) is 2.43. The maximum absolute atomic E-state index is 12.4. The molecule has 6 heteroatoms. The van der Waals surface area contributed by atoms with Crippen molar-refractivity contribution >= 4 is 28.8 Å². The summed E-state index contributed by atoms with van der Waals surface area (Å²) in [6.07, 6.45) is 0.191. The highest BCUT2D eigenvalue weighted by Gasteiger charge is 2.39. The first-order valence-corrected chi connectivity index (χ1v) is 7.83. The van der Waals surface area contributed by atoms with Crippen molar-refractivity contribution in [2.75, 3.05) is 12.0 Å². The molecule has 2 heterocycles. The molecule has 1 aromatic carbocycles. The van der Waals surface area contributed by atoms with Crippen LogP contribution < -0.4 is 15.0 Å². The summed E-state index contributed by atoms with van der Waals surface area (Å²) in [6.45, 7) is 0.595. The Labute approximate surface area is 132 Å². The number of benzene rings is 1. The minimum Gasteiger partial charge on any atom is -0.497 e. The maximum Gasteiger partial charge on any atom is 0.251 e. The lowest BCUT2D eigenvalue weighted by Gasteiger charge is -2.15. The number of nitrogens with one attached hydrogen (secondary N) is 1. The van der Waals surface area contributed by atoms with Crippen molar-refractivity contribution < 1.29 is 14.3 Å². The standard InChI is InChI=1S/C16H16N2O3S/c1-21-12-6-4-11(5-7-12)18-15(19)9-14(16(18)20)17-10-13-3-2-8-22-13/h2-8,14,17H,9-10H2,1H3/t14-/m1/s1. The largest absolute Gasteiger partial charge is 0.497 e. The van der Waals surface area contributed by atoms with Gasteiger partial charge in [0.15, 0.2) is 0 Å². The van der Waals surface area contributed by atoms with E-state index in [1.165, 1.54) is 4.90 Å². The van der Waals surface area contributed by atoms with Crippen LogP contribution in [-0.2, 0) is 16.1 Å². The van der Waals surface area contributed by atoms with Crippen LogP contribution in [0.4, 0.5) is 5.69 Å². The zero-order chi connectivity index (χ0) is 15.5. The molecule has 0 spiro atoms. The van der Waals surface area contributed by atoms with Gasteiger partial charge in [-0.2, -0.15) is 0 Å². The van der Waals surface area contributed by atoms with E-state index >= 15 is 0 Å². The second kappa shape index (κ2) is 6.29. The normalized spacial score (nSPS) is 18.0. The van der Waals surface area contributed by atoms with Gasteiger partial charge in [-0.3, -0.25) is 9.59 Å². The first kappa shape index (κ1) is 14.7. The van der Waals surface area contributed by atoms with Gasteiger partial charge in [0, 0.05) is 11.4 Å². The molecule has 5 nitrogen and oxygen atoms in total. The first-order valence-electron chi connectivity index (χ1n) is 6.95. The van der Waals surface area contributed by atoms with Crippen molar-refractivity contribution in [3.05, 3.63) is 46.7 Å². The topological polar surface area (TPSA) is 58.6 Å². The molecule has 1 aliphatic heterocycles. The summed E-state index contributed by atoms with van der Waals surface area (Å²) in [6, 6.07) is 10.4. The third kappa shape index (κ3) is 2.88. The number of imide groups is 1. The molecule has 1 aromatic heterocycles. The maximum atomic E-state index is 12.4. The Hall–Kier alpha value is -2.18. The van der Waals surface area contributed by atoms with E-state index in [0.717, 1.165) is 4.88 Å². The van der Waals surface area contributed by atoms with Gasteiger partial charge in [-0.15, -0.1) is 11.3 Å². The number of hydrogen-bond acceptors (Lipinski definition) is 5. The van der Waals surface area contributed by atoms with Crippen LogP contribution in [0.1, 0.15) is 11.3 Å². The predicted octanol–water partition coefficient (Wildman–Crippen LogP) is 2.18. The minimum absolute atomic E-state index is 0.182. The molecule has 0 radical (unpaired) electrons. The molecule has 1 fully saturated rings. The third-order valence-electron chi connectivity index (χ3n) is 3.58. The smallest absolute Gasteiger partial charge is 0.251 e. The molecule has 0 bridgehead atoms. The van der Waals surface area contributed by atoms with Gasteiger partial charge in [-0.25, -0.2) is 4.90 Å². The van der Waals surface area contributed by atoms with E-state index in [2.05, 4.69) is 5.32 Å². The van der Waals surface area contributed by atoms with Crippen molar-refractivity contribution in [2.24, 2.45) is 0 Å². The first-order chi connectivity index (χ1) is 10.7. The predicted molar refractivity (Wildman–Crippen MR) is 85.1 cm³/mol. The Kier molecular flexibility index (Phi) is 4.22. The zero-order valence-corrected chi connectivity index (χ0v) is 12.9. The van der Waals surface area contributed by atoms with Gasteiger partial charge in [0.25, 0.3) is 5.91 Å². The molecule has 3 rings (SSSR count). The number of carbonyl (C=O) groups excluding carboxylic acids is 2. The van der Waals surface area contributed by atoms with E-state index in [1.807, 2.05) is 17.5 Å². The summed E-state index contributed by atoms with van der Waals surface area (Å²) < 4.78 is 5.09. The van der Waals surface area contributed by atoms with E-state index in [4.69, 9.17) is 4.74 Å². The lowest BCUT2D eigenvalue weighted by Crippen LogP contribution is -2.38. The van der Waals surface area contributed by atoms with Crippen molar-refractivity contribution in [2.45, 2.75) is 19.0 Å². The van der Waals surface area contributed by atoms with E-state index in [-0.39, 0.29) is 18.2 Å². The molecule has 2 amide bonds. The van der Waals surface area contributed by atoms with E-state index in [0.29, 0.717) is 18.0 Å². The summed E-state index contributed by atoms with van der Waals surface area (Å²) in [7, 11) is 1.58.